The van der Waals surface area contributed by atoms with Gasteiger partial charge in [0.15, 0.2) is 0 Å². The molecule has 1 aromatic carbocycles. The van der Waals surface area contributed by atoms with E-state index in [2.05, 4.69) is 27.3 Å². The SMILES string of the molecule is N#Cc1c(Br)cccc1NC1(C(=O)O)CCCCC1. The Morgan fingerprint density at radius 3 is 2.63 bits per heavy atom. The van der Waals surface area contributed by atoms with Crippen LogP contribution in [0.5, 0.6) is 0 Å². The van der Waals surface area contributed by atoms with Crippen LogP contribution in [0.15, 0.2) is 22.7 Å². The van der Waals surface area contributed by atoms with Gasteiger partial charge in [0, 0.05) is 4.47 Å². The zero-order valence-corrected chi connectivity index (χ0v) is 12.0. The van der Waals surface area contributed by atoms with Crippen LogP contribution >= 0.6 is 15.9 Å². The van der Waals surface area contributed by atoms with Gasteiger partial charge >= 0.3 is 5.97 Å². The van der Waals surface area contributed by atoms with E-state index >= 15 is 0 Å². The maximum atomic E-state index is 11.6. The monoisotopic (exact) mass is 322 g/mol. The Morgan fingerprint density at radius 1 is 1.37 bits per heavy atom. The number of nitriles is 1. The van der Waals surface area contributed by atoms with Crippen LogP contribution < -0.4 is 5.32 Å². The molecule has 19 heavy (non-hydrogen) atoms. The molecule has 1 aliphatic carbocycles. The van der Waals surface area contributed by atoms with E-state index in [4.69, 9.17) is 0 Å². The number of carboxylic acids is 1. The number of aliphatic carboxylic acids is 1. The van der Waals surface area contributed by atoms with Crippen LogP contribution in [0.4, 0.5) is 5.69 Å². The van der Waals surface area contributed by atoms with Crippen molar-refractivity contribution < 1.29 is 9.90 Å². The number of rotatable bonds is 3. The summed E-state index contributed by atoms with van der Waals surface area (Å²) in [5, 5.41) is 21.8. The molecule has 0 radical (unpaired) electrons. The Kier molecular flexibility index (Phi) is 4.11. The first-order valence-corrected chi connectivity index (χ1v) is 7.08. The van der Waals surface area contributed by atoms with Gasteiger partial charge < -0.3 is 10.4 Å². The van der Waals surface area contributed by atoms with E-state index in [1.807, 2.05) is 0 Å². The minimum absolute atomic E-state index is 0.452. The van der Waals surface area contributed by atoms with Crippen molar-refractivity contribution in [3.05, 3.63) is 28.2 Å². The van der Waals surface area contributed by atoms with Gasteiger partial charge in [0.05, 0.1) is 11.3 Å². The fourth-order valence-corrected chi connectivity index (χ4v) is 3.00. The van der Waals surface area contributed by atoms with E-state index in [0.29, 0.717) is 28.6 Å². The maximum Gasteiger partial charge on any atom is 0.329 e. The summed E-state index contributed by atoms with van der Waals surface area (Å²) in [5.41, 5.74) is 0.0971. The molecule has 0 saturated heterocycles. The first-order chi connectivity index (χ1) is 9.09. The van der Waals surface area contributed by atoms with Crippen molar-refractivity contribution in [2.75, 3.05) is 5.32 Å². The second-order valence-electron chi connectivity index (χ2n) is 4.85. The number of hydrogen-bond acceptors (Lipinski definition) is 3. The van der Waals surface area contributed by atoms with Crippen molar-refractivity contribution in [1.29, 1.82) is 5.26 Å². The van der Waals surface area contributed by atoms with Crippen molar-refractivity contribution in [2.45, 2.75) is 37.6 Å². The van der Waals surface area contributed by atoms with Gasteiger partial charge in [-0.2, -0.15) is 5.26 Å². The average molecular weight is 323 g/mol. The zero-order valence-electron chi connectivity index (χ0n) is 10.4. The molecule has 0 unspecified atom stereocenters. The number of hydrogen-bond donors (Lipinski definition) is 2. The minimum Gasteiger partial charge on any atom is -0.480 e. The van der Waals surface area contributed by atoms with Crippen LogP contribution in [0.3, 0.4) is 0 Å². The molecular weight excluding hydrogens is 308 g/mol. The summed E-state index contributed by atoms with van der Waals surface area (Å²) in [6, 6.07) is 7.43. The topological polar surface area (TPSA) is 73.1 Å². The van der Waals surface area contributed by atoms with Gasteiger partial charge in [-0.1, -0.05) is 25.3 Å². The van der Waals surface area contributed by atoms with Gasteiger partial charge in [-0.25, -0.2) is 4.79 Å². The van der Waals surface area contributed by atoms with Crippen molar-refractivity contribution >= 4 is 27.6 Å². The number of benzene rings is 1. The predicted octanol–water partition coefficient (Wildman–Crippen LogP) is 3.52. The summed E-state index contributed by atoms with van der Waals surface area (Å²) >= 11 is 3.32. The van der Waals surface area contributed by atoms with Gasteiger partial charge in [0.25, 0.3) is 0 Å². The molecule has 0 aromatic heterocycles. The molecule has 2 rings (SSSR count). The molecule has 1 saturated carbocycles. The number of nitrogens with one attached hydrogen (secondary N) is 1. The largest absolute Gasteiger partial charge is 0.480 e. The van der Waals surface area contributed by atoms with E-state index in [0.717, 1.165) is 19.3 Å². The van der Waals surface area contributed by atoms with E-state index in [-0.39, 0.29) is 0 Å². The maximum absolute atomic E-state index is 11.6. The van der Waals surface area contributed by atoms with E-state index in [9.17, 15) is 15.2 Å². The summed E-state index contributed by atoms with van der Waals surface area (Å²) in [6.45, 7) is 0. The highest BCUT2D eigenvalue weighted by molar-refractivity contribution is 9.10. The molecule has 100 valence electrons. The lowest BCUT2D eigenvalue weighted by Crippen LogP contribution is -2.48. The van der Waals surface area contributed by atoms with Gasteiger partial charge in [0.2, 0.25) is 0 Å². The molecule has 1 aliphatic rings. The molecule has 4 nitrogen and oxygen atoms in total. The second kappa shape index (κ2) is 5.62. The lowest BCUT2D eigenvalue weighted by Gasteiger charge is -2.35. The molecule has 0 spiro atoms. The van der Waals surface area contributed by atoms with Crippen molar-refractivity contribution in [3.8, 4) is 6.07 Å². The average Bonchev–Trinajstić information content (AvgIpc) is 2.40. The quantitative estimate of drug-likeness (QED) is 0.892. The predicted molar refractivity (Wildman–Crippen MR) is 75.9 cm³/mol. The van der Waals surface area contributed by atoms with E-state index in [1.165, 1.54) is 0 Å². The Labute approximate surface area is 120 Å². The Bertz CT molecular complexity index is 531. The molecule has 0 atom stereocenters. The van der Waals surface area contributed by atoms with Crippen molar-refractivity contribution in [3.63, 3.8) is 0 Å². The summed E-state index contributed by atoms with van der Waals surface area (Å²) in [7, 11) is 0. The van der Waals surface area contributed by atoms with Crippen LogP contribution in [-0.2, 0) is 4.79 Å². The molecular formula is C14H15BrN2O2. The standard InChI is InChI=1S/C14H15BrN2O2/c15-11-5-4-6-12(10(11)9-16)17-14(13(18)19)7-2-1-3-8-14/h4-6,17H,1-3,7-8H2,(H,18,19). The third-order valence-electron chi connectivity index (χ3n) is 3.62. The molecule has 1 aromatic rings. The fraction of sp³-hybridized carbons (Fsp3) is 0.429. The van der Waals surface area contributed by atoms with Crippen LogP contribution in [0.2, 0.25) is 0 Å². The smallest absolute Gasteiger partial charge is 0.329 e. The third-order valence-corrected chi connectivity index (χ3v) is 4.28. The summed E-state index contributed by atoms with van der Waals surface area (Å²) < 4.78 is 0.677. The van der Waals surface area contributed by atoms with Crippen LogP contribution in [-0.4, -0.2) is 16.6 Å². The fourth-order valence-electron chi connectivity index (χ4n) is 2.55. The Hall–Kier alpha value is -1.54. The van der Waals surface area contributed by atoms with Crippen LogP contribution in [0.25, 0.3) is 0 Å². The second-order valence-corrected chi connectivity index (χ2v) is 5.70. The van der Waals surface area contributed by atoms with Crippen LogP contribution in [0.1, 0.15) is 37.7 Å². The first-order valence-electron chi connectivity index (χ1n) is 6.29. The zero-order chi connectivity index (χ0) is 13.9. The molecule has 0 bridgehead atoms. The Balaban J connectivity index is 2.35. The molecule has 0 heterocycles. The molecule has 2 N–H and O–H groups in total. The number of carboxylic acid groups (broad SMARTS) is 1. The normalized spacial score (nSPS) is 17.5. The number of nitrogens with zero attached hydrogens (tertiary/aromatic N) is 1. The summed E-state index contributed by atoms with van der Waals surface area (Å²) in [6.07, 6.45) is 4.06. The van der Waals surface area contributed by atoms with E-state index < -0.39 is 11.5 Å². The number of anilines is 1. The molecule has 1 fully saturated rings. The molecule has 5 heteroatoms. The number of halogens is 1. The lowest BCUT2D eigenvalue weighted by atomic mass is 9.81. The highest BCUT2D eigenvalue weighted by atomic mass is 79.9. The highest BCUT2D eigenvalue weighted by Crippen LogP contribution is 2.34. The van der Waals surface area contributed by atoms with Crippen molar-refractivity contribution in [1.82, 2.24) is 0 Å². The third kappa shape index (κ3) is 2.74. The van der Waals surface area contributed by atoms with Crippen LogP contribution in [0, 0.1) is 11.3 Å². The first kappa shape index (κ1) is 13.9. The Morgan fingerprint density at radius 2 is 2.05 bits per heavy atom. The van der Waals surface area contributed by atoms with E-state index in [1.54, 1.807) is 18.2 Å². The van der Waals surface area contributed by atoms with Gasteiger partial charge in [0.1, 0.15) is 11.6 Å². The van der Waals surface area contributed by atoms with Gasteiger partial charge in [-0.3, -0.25) is 0 Å². The molecule has 0 amide bonds. The highest BCUT2D eigenvalue weighted by Gasteiger charge is 2.40. The molecule has 0 aliphatic heterocycles. The summed E-state index contributed by atoms with van der Waals surface area (Å²) in [4.78, 5) is 11.6. The lowest BCUT2D eigenvalue weighted by molar-refractivity contribution is -0.143. The minimum atomic E-state index is -0.940. The van der Waals surface area contributed by atoms with Gasteiger partial charge in [-0.05, 0) is 40.9 Å². The van der Waals surface area contributed by atoms with Gasteiger partial charge in [-0.15, -0.1) is 0 Å². The summed E-state index contributed by atoms with van der Waals surface area (Å²) in [5.74, 6) is -0.837. The number of carbonyl (C=O) groups is 1. The van der Waals surface area contributed by atoms with Crippen molar-refractivity contribution in [2.24, 2.45) is 0 Å².